The number of benzene rings is 1. The van der Waals surface area contributed by atoms with Gasteiger partial charge in [-0.1, -0.05) is 11.6 Å². The fourth-order valence-corrected chi connectivity index (χ4v) is 3.66. The molecule has 2 N–H and O–H groups in total. The Morgan fingerprint density at radius 3 is 2.47 bits per heavy atom. The van der Waals surface area contributed by atoms with Crippen molar-refractivity contribution in [2.24, 2.45) is 5.73 Å². The fourth-order valence-electron chi connectivity index (χ4n) is 1.40. The fraction of sp³-hybridized carbons (Fsp3) is 0.167. The van der Waals surface area contributed by atoms with Crippen LogP contribution in [0.15, 0.2) is 41.3 Å². The summed E-state index contributed by atoms with van der Waals surface area (Å²) in [4.78, 5) is 2.15. The average Bonchev–Trinajstić information content (AvgIpc) is 2.75. The first kappa shape index (κ1) is 12.9. The molecule has 0 spiro atoms. The van der Waals surface area contributed by atoms with Crippen LogP contribution in [0.5, 0.6) is 0 Å². The van der Waals surface area contributed by atoms with Crippen LogP contribution >= 0.6 is 34.7 Å². The van der Waals surface area contributed by atoms with E-state index >= 15 is 0 Å². The van der Waals surface area contributed by atoms with Gasteiger partial charge in [-0.15, -0.1) is 23.1 Å². The number of rotatable bonds is 4. The Labute approximate surface area is 113 Å². The molecule has 1 heterocycles. The molecule has 17 heavy (non-hydrogen) atoms. The second kappa shape index (κ2) is 5.87. The molecule has 0 saturated carbocycles. The van der Waals surface area contributed by atoms with E-state index in [2.05, 4.69) is 0 Å². The summed E-state index contributed by atoms with van der Waals surface area (Å²) in [5.41, 5.74) is 5.76. The van der Waals surface area contributed by atoms with Gasteiger partial charge < -0.3 is 5.73 Å². The second-order valence-electron chi connectivity index (χ2n) is 3.44. The van der Waals surface area contributed by atoms with E-state index in [1.54, 1.807) is 23.9 Å². The number of hydrogen-bond acceptors (Lipinski definition) is 3. The van der Waals surface area contributed by atoms with Gasteiger partial charge in [0.25, 0.3) is 0 Å². The molecule has 0 radical (unpaired) electrons. The van der Waals surface area contributed by atoms with Crippen molar-refractivity contribution in [3.63, 3.8) is 0 Å². The summed E-state index contributed by atoms with van der Waals surface area (Å²) in [5.74, 6) is -0.224. The molecule has 0 fully saturated rings. The molecule has 0 aliphatic rings. The largest absolute Gasteiger partial charge is 0.329 e. The molecular weight excluding hydrogens is 277 g/mol. The van der Waals surface area contributed by atoms with Crippen LogP contribution in [0.2, 0.25) is 4.34 Å². The highest BCUT2D eigenvalue weighted by atomic mass is 35.5. The summed E-state index contributed by atoms with van der Waals surface area (Å²) < 4.78 is 13.5. The van der Waals surface area contributed by atoms with E-state index in [1.807, 2.05) is 12.1 Å². The number of thiophene rings is 1. The molecular formula is C12H11ClFNS2. The lowest BCUT2D eigenvalue weighted by Crippen LogP contribution is -2.07. The minimum atomic E-state index is -0.224. The van der Waals surface area contributed by atoms with E-state index in [0.29, 0.717) is 6.54 Å². The van der Waals surface area contributed by atoms with Gasteiger partial charge in [0.05, 0.1) is 9.59 Å². The standard InChI is InChI=1S/C12H11ClFNS2/c13-12-6-5-10(17-12)11(7-15)16-9-3-1-8(14)2-4-9/h1-6,11H,7,15H2. The van der Waals surface area contributed by atoms with Gasteiger partial charge in [-0.3, -0.25) is 0 Å². The zero-order valence-electron chi connectivity index (χ0n) is 8.90. The maximum atomic E-state index is 12.8. The smallest absolute Gasteiger partial charge is 0.123 e. The van der Waals surface area contributed by atoms with Gasteiger partial charge in [0, 0.05) is 16.3 Å². The zero-order valence-corrected chi connectivity index (χ0v) is 11.3. The third-order valence-corrected chi connectivity index (χ3v) is 4.99. The molecule has 0 saturated heterocycles. The number of hydrogen-bond donors (Lipinski definition) is 1. The van der Waals surface area contributed by atoms with Gasteiger partial charge in [-0.2, -0.15) is 0 Å². The molecule has 0 aliphatic carbocycles. The lowest BCUT2D eigenvalue weighted by atomic mass is 10.3. The van der Waals surface area contributed by atoms with Crippen LogP contribution in [0.4, 0.5) is 4.39 Å². The first-order chi connectivity index (χ1) is 8.19. The topological polar surface area (TPSA) is 26.0 Å². The van der Waals surface area contributed by atoms with E-state index in [0.717, 1.165) is 14.1 Å². The van der Waals surface area contributed by atoms with Gasteiger partial charge in [0.15, 0.2) is 0 Å². The molecule has 0 bridgehead atoms. The Kier molecular flexibility index (Phi) is 4.45. The van der Waals surface area contributed by atoms with Gasteiger partial charge in [-0.25, -0.2) is 4.39 Å². The SMILES string of the molecule is NCC(Sc1ccc(F)cc1)c1ccc(Cl)s1. The second-order valence-corrected chi connectivity index (χ2v) is 6.46. The Balaban J connectivity index is 2.12. The van der Waals surface area contributed by atoms with E-state index in [1.165, 1.54) is 23.5 Å². The predicted molar refractivity (Wildman–Crippen MR) is 73.4 cm³/mol. The third kappa shape index (κ3) is 3.45. The zero-order chi connectivity index (χ0) is 12.3. The van der Waals surface area contributed by atoms with Gasteiger partial charge in [0.2, 0.25) is 0 Å². The molecule has 1 atom stereocenters. The molecule has 1 unspecified atom stereocenters. The first-order valence-electron chi connectivity index (χ1n) is 5.06. The van der Waals surface area contributed by atoms with Crippen molar-refractivity contribution < 1.29 is 4.39 Å². The summed E-state index contributed by atoms with van der Waals surface area (Å²) in [6, 6.07) is 10.3. The number of nitrogens with two attached hydrogens (primary N) is 1. The van der Waals surface area contributed by atoms with Gasteiger partial charge >= 0.3 is 0 Å². The molecule has 2 aromatic rings. The summed E-state index contributed by atoms with van der Waals surface area (Å²) in [6.45, 7) is 0.527. The monoisotopic (exact) mass is 287 g/mol. The highest BCUT2D eigenvalue weighted by Crippen LogP contribution is 2.38. The Bertz CT molecular complexity index is 484. The molecule has 5 heteroatoms. The Morgan fingerprint density at radius 1 is 1.24 bits per heavy atom. The summed E-state index contributed by atoms with van der Waals surface area (Å²) in [7, 11) is 0. The van der Waals surface area contributed by atoms with Crippen molar-refractivity contribution >= 4 is 34.7 Å². The summed E-state index contributed by atoms with van der Waals surface area (Å²) in [6.07, 6.45) is 0. The van der Waals surface area contributed by atoms with Crippen molar-refractivity contribution in [3.8, 4) is 0 Å². The van der Waals surface area contributed by atoms with E-state index in [9.17, 15) is 4.39 Å². The molecule has 1 aromatic carbocycles. The van der Waals surface area contributed by atoms with Crippen LogP contribution in [-0.4, -0.2) is 6.54 Å². The van der Waals surface area contributed by atoms with Crippen LogP contribution < -0.4 is 5.73 Å². The van der Waals surface area contributed by atoms with Crippen molar-refractivity contribution in [1.82, 2.24) is 0 Å². The third-order valence-electron chi connectivity index (χ3n) is 2.22. The van der Waals surface area contributed by atoms with Crippen LogP contribution in [0.25, 0.3) is 0 Å². The maximum Gasteiger partial charge on any atom is 0.123 e. The molecule has 0 amide bonds. The van der Waals surface area contributed by atoms with E-state index in [4.69, 9.17) is 17.3 Å². The molecule has 2 rings (SSSR count). The highest BCUT2D eigenvalue weighted by Gasteiger charge is 2.13. The van der Waals surface area contributed by atoms with Crippen molar-refractivity contribution in [3.05, 3.63) is 51.4 Å². The van der Waals surface area contributed by atoms with Crippen molar-refractivity contribution in [2.45, 2.75) is 10.1 Å². The average molecular weight is 288 g/mol. The molecule has 0 aliphatic heterocycles. The predicted octanol–water partition coefficient (Wildman–Crippen LogP) is 4.33. The highest BCUT2D eigenvalue weighted by molar-refractivity contribution is 7.99. The van der Waals surface area contributed by atoms with Crippen LogP contribution in [0.3, 0.4) is 0 Å². The lowest BCUT2D eigenvalue weighted by Gasteiger charge is -2.12. The van der Waals surface area contributed by atoms with E-state index in [-0.39, 0.29) is 11.1 Å². The molecule has 1 nitrogen and oxygen atoms in total. The normalized spacial score (nSPS) is 12.6. The summed E-state index contributed by atoms with van der Waals surface area (Å²) in [5, 5.41) is 0.165. The molecule has 90 valence electrons. The lowest BCUT2D eigenvalue weighted by molar-refractivity contribution is 0.626. The molecule has 1 aromatic heterocycles. The van der Waals surface area contributed by atoms with Crippen molar-refractivity contribution in [1.29, 1.82) is 0 Å². The number of halogens is 2. The summed E-state index contributed by atoms with van der Waals surface area (Å²) >= 11 is 9.06. The number of thioether (sulfide) groups is 1. The Hall–Kier alpha value is -0.550. The maximum absolute atomic E-state index is 12.8. The Morgan fingerprint density at radius 2 is 1.94 bits per heavy atom. The minimum absolute atomic E-state index is 0.165. The first-order valence-corrected chi connectivity index (χ1v) is 7.14. The minimum Gasteiger partial charge on any atom is -0.329 e. The van der Waals surface area contributed by atoms with E-state index < -0.39 is 0 Å². The van der Waals surface area contributed by atoms with Gasteiger partial charge in [-0.05, 0) is 36.4 Å². The van der Waals surface area contributed by atoms with Crippen molar-refractivity contribution in [2.75, 3.05) is 6.54 Å². The van der Waals surface area contributed by atoms with Crippen LogP contribution in [0.1, 0.15) is 10.1 Å². The van der Waals surface area contributed by atoms with Crippen LogP contribution in [0, 0.1) is 5.82 Å². The quantitative estimate of drug-likeness (QED) is 0.847. The van der Waals surface area contributed by atoms with Gasteiger partial charge in [0.1, 0.15) is 5.82 Å². The van der Waals surface area contributed by atoms with Crippen LogP contribution in [-0.2, 0) is 0 Å².